The van der Waals surface area contributed by atoms with Crippen molar-refractivity contribution in [2.45, 2.75) is 55.9 Å². The number of ketones is 1. The number of ether oxygens (including phenoxy) is 2. The summed E-state index contributed by atoms with van der Waals surface area (Å²) >= 11 is 8.71. The molecule has 1 saturated heterocycles. The Balaban J connectivity index is 1.37. The lowest BCUT2D eigenvalue weighted by molar-refractivity contribution is -0.132. The van der Waals surface area contributed by atoms with Gasteiger partial charge in [-0.15, -0.1) is 10.2 Å². The van der Waals surface area contributed by atoms with E-state index < -0.39 is 17.7 Å². The second-order valence-electron chi connectivity index (χ2n) is 11.5. The van der Waals surface area contributed by atoms with Crippen molar-refractivity contribution in [1.29, 1.82) is 0 Å². The van der Waals surface area contributed by atoms with Crippen LogP contribution < -0.4 is 14.4 Å². The molecule has 0 bridgehead atoms. The largest absolute Gasteiger partial charge is 0.507 e. The Kier molecular flexibility index (Phi) is 9.16. The number of anilines is 1. The molecule has 2 aliphatic heterocycles. The minimum atomic E-state index is -0.941. The van der Waals surface area contributed by atoms with Crippen LogP contribution in [0, 0.1) is 5.92 Å². The molecule has 8 nitrogen and oxygen atoms in total. The average molecular weight is 662 g/mol. The number of Topliss-reactive ketones (excluding diaryl/α,β-unsaturated/α-hetero) is 1. The topological polar surface area (TPSA) is 102 Å². The highest BCUT2D eigenvalue weighted by molar-refractivity contribution is 8.00. The normalized spacial score (nSPS) is 18.8. The molecule has 0 saturated carbocycles. The van der Waals surface area contributed by atoms with Gasteiger partial charge in [-0.25, -0.2) is 0 Å². The quantitative estimate of drug-likeness (QED) is 0.0603. The van der Waals surface area contributed by atoms with E-state index in [0.717, 1.165) is 23.3 Å². The highest BCUT2D eigenvalue weighted by atomic mass is 35.5. The van der Waals surface area contributed by atoms with Gasteiger partial charge in [-0.3, -0.25) is 14.5 Å². The summed E-state index contributed by atoms with van der Waals surface area (Å²) in [6, 6.07) is 19.2. The van der Waals surface area contributed by atoms with Gasteiger partial charge in [0, 0.05) is 22.8 Å². The van der Waals surface area contributed by atoms with E-state index in [1.807, 2.05) is 61.5 Å². The second-order valence-corrected chi connectivity index (χ2v) is 14.1. The van der Waals surface area contributed by atoms with Crippen LogP contribution in [0.25, 0.3) is 5.76 Å². The molecule has 2 aliphatic rings. The number of nitrogens with zero attached hydrogens (tertiary/aromatic N) is 3. The van der Waals surface area contributed by atoms with Crippen LogP contribution in [0.15, 0.2) is 76.6 Å². The van der Waals surface area contributed by atoms with E-state index in [0.29, 0.717) is 50.9 Å². The van der Waals surface area contributed by atoms with Gasteiger partial charge in [-0.2, -0.15) is 0 Å². The lowest BCUT2D eigenvalue weighted by Crippen LogP contribution is -2.29. The summed E-state index contributed by atoms with van der Waals surface area (Å²) in [7, 11) is 0. The molecule has 1 aromatic heterocycles. The Morgan fingerprint density at radius 1 is 1.13 bits per heavy atom. The van der Waals surface area contributed by atoms with Crippen molar-refractivity contribution in [3.05, 3.63) is 99.6 Å². The standard InChI is InChI=1S/C34H32ClN3O5S2/c1-19(2)13-14-42-26-6-4-5-22(17-26)29-28(30(39)23-9-12-27-24(16-23)15-20(3)43-27)31(40)32(41)38(29)33-36-37-34(45-33)44-18-21-7-10-25(35)11-8-21/h4-12,16-17,19-20,29,39H,13-15,18H2,1-3H3/b30-28+/t20-,29+/m0/s1. The summed E-state index contributed by atoms with van der Waals surface area (Å²) in [6.45, 7) is 6.76. The van der Waals surface area contributed by atoms with Gasteiger partial charge in [0.05, 0.1) is 18.2 Å². The number of hydrogen-bond donors (Lipinski definition) is 1. The minimum absolute atomic E-state index is 0.0168. The predicted octanol–water partition coefficient (Wildman–Crippen LogP) is 7.86. The Bertz CT molecular complexity index is 1770. The van der Waals surface area contributed by atoms with Crippen LogP contribution >= 0.6 is 34.7 Å². The molecule has 0 unspecified atom stereocenters. The molecule has 3 aromatic carbocycles. The smallest absolute Gasteiger partial charge is 0.301 e. The van der Waals surface area contributed by atoms with Gasteiger partial charge >= 0.3 is 5.91 Å². The third-order valence-electron chi connectivity index (χ3n) is 7.63. The first-order valence-electron chi connectivity index (χ1n) is 14.7. The number of amides is 1. The molecule has 1 fully saturated rings. The summed E-state index contributed by atoms with van der Waals surface area (Å²) in [4.78, 5) is 28.8. The number of carbonyl (C=O) groups excluding carboxylic acids is 2. The fourth-order valence-corrected chi connectivity index (χ4v) is 7.29. The van der Waals surface area contributed by atoms with Crippen molar-refractivity contribution in [2.24, 2.45) is 5.92 Å². The maximum Gasteiger partial charge on any atom is 0.301 e. The van der Waals surface area contributed by atoms with Gasteiger partial charge in [0.15, 0.2) is 4.34 Å². The van der Waals surface area contributed by atoms with Gasteiger partial charge in [-0.1, -0.05) is 72.8 Å². The number of benzene rings is 3. The van der Waals surface area contributed by atoms with E-state index in [-0.39, 0.29) is 22.6 Å². The van der Waals surface area contributed by atoms with Crippen LogP contribution in [0.3, 0.4) is 0 Å². The van der Waals surface area contributed by atoms with E-state index in [2.05, 4.69) is 24.0 Å². The maximum atomic E-state index is 13.7. The molecular formula is C34H32ClN3O5S2. The first-order chi connectivity index (χ1) is 21.7. The van der Waals surface area contributed by atoms with E-state index in [1.165, 1.54) is 28.0 Å². The zero-order valence-electron chi connectivity index (χ0n) is 25.0. The fraction of sp³-hybridized carbons (Fsp3) is 0.294. The van der Waals surface area contributed by atoms with Crippen molar-refractivity contribution >= 4 is 57.3 Å². The monoisotopic (exact) mass is 661 g/mol. The summed E-state index contributed by atoms with van der Waals surface area (Å²) in [5, 5.41) is 21.2. The van der Waals surface area contributed by atoms with Crippen molar-refractivity contribution in [1.82, 2.24) is 10.2 Å². The number of rotatable bonds is 10. The third-order valence-corrected chi connectivity index (χ3v) is 10.0. The number of aromatic nitrogens is 2. The number of aliphatic hydroxyl groups excluding tert-OH is 1. The zero-order valence-corrected chi connectivity index (χ0v) is 27.4. The van der Waals surface area contributed by atoms with Gasteiger partial charge in [0.2, 0.25) is 5.13 Å². The molecule has 0 radical (unpaired) electrons. The number of aliphatic hydroxyl groups is 1. The van der Waals surface area contributed by atoms with Gasteiger partial charge in [0.1, 0.15) is 23.4 Å². The summed E-state index contributed by atoms with van der Waals surface area (Å²) in [6.07, 6.45) is 1.58. The van der Waals surface area contributed by atoms with Crippen LogP contribution in [-0.4, -0.2) is 39.7 Å². The van der Waals surface area contributed by atoms with Gasteiger partial charge in [0.25, 0.3) is 5.78 Å². The zero-order chi connectivity index (χ0) is 31.7. The van der Waals surface area contributed by atoms with Crippen LogP contribution in [-0.2, 0) is 21.8 Å². The molecule has 0 spiro atoms. The van der Waals surface area contributed by atoms with Crippen LogP contribution in [0.4, 0.5) is 5.13 Å². The van der Waals surface area contributed by atoms with Crippen LogP contribution in [0.1, 0.15) is 55.5 Å². The Morgan fingerprint density at radius 3 is 2.71 bits per heavy atom. The number of fused-ring (bicyclic) bond motifs is 1. The maximum absolute atomic E-state index is 13.7. The van der Waals surface area contributed by atoms with Crippen molar-refractivity contribution < 1.29 is 24.2 Å². The van der Waals surface area contributed by atoms with Crippen molar-refractivity contribution in [3.63, 3.8) is 0 Å². The second kappa shape index (κ2) is 13.2. The summed E-state index contributed by atoms with van der Waals surface area (Å²) < 4.78 is 12.5. The molecule has 0 aliphatic carbocycles. The lowest BCUT2D eigenvalue weighted by atomic mass is 9.94. The number of halogens is 1. The number of hydrogen-bond acceptors (Lipinski definition) is 9. The first-order valence-corrected chi connectivity index (χ1v) is 16.9. The van der Waals surface area contributed by atoms with E-state index >= 15 is 0 Å². The Labute approximate surface area is 275 Å². The first kappa shape index (κ1) is 31.1. The molecule has 2 atom stereocenters. The Hall–Kier alpha value is -3.86. The lowest BCUT2D eigenvalue weighted by Gasteiger charge is -2.23. The van der Waals surface area contributed by atoms with Crippen LogP contribution in [0.5, 0.6) is 11.5 Å². The van der Waals surface area contributed by atoms with Crippen molar-refractivity contribution in [2.75, 3.05) is 11.5 Å². The summed E-state index contributed by atoms with van der Waals surface area (Å²) in [5.74, 6) is 0.639. The predicted molar refractivity (Wildman–Crippen MR) is 177 cm³/mol. The molecule has 232 valence electrons. The Morgan fingerprint density at radius 2 is 1.93 bits per heavy atom. The third kappa shape index (κ3) is 6.73. The number of carbonyl (C=O) groups is 2. The molecule has 45 heavy (non-hydrogen) atoms. The van der Waals surface area contributed by atoms with Crippen molar-refractivity contribution in [3.8, 4) is 11.5 Å². The average Bonchev–Trinajstić information content (AvgIpc) is 3.71. The van der Waals surface area contributed by atoms with E-state index in [4.69, 9.17) is 21.1 Å². The molecule has 6 rings (SSSR count). The highest BCUT2D eigenvalue weighted by Crippen LogP contribution is 2.45. The minimum Gasteiger partial charge on any atom is -0.507 e. The highest BCUT2D eigenvalue weighted by Gasteiger charge is 2.48. The van der Waals surface area contributed by atoms with E-state index in [1.54, 1.807) is 12.1 Å². The van der Waals surface area contributed by atoms with Gasteiger partial charge in [-0.05, 0) is 78.4 Å². The van der Waals surface area contributed by atoms with Gasteiger partial charge < -0.3 is 14.6 Å². The molecule has 1 N–H and O–H groups in total. The van der Waals surface area contributed by atoms with Crippen LogP contribution in [0.2, 0.25) is 5.02 Å². The molecule has 4 aromatic rings. The summed E-state index contributed by atoms with van der Waals surface area (Å²) in [5.41, 5.74) is 3.03. The SMILES string of the molecule is CC(C)CCOc1cccc([C@@H]2/C(=C(\O)c3ccc4c(c3)C[C@H](C)O4)C(=O)C(=O)N2c2nnc(SCc3ccc(Cl)cc3)s2)c1. The number of thioether (sulfide) groups is 1. The fourth-order valence-electron chi connectivity index (χ4n) is 5.34. The molecule has 3 heterocycles. The molecule has 1 amide bonds. The van der Waals surface area contributed by atoms with E-state index in [9.17, 15) is 14.7 Å². The molecular weight excluding hydrogens is 630 g/mol. The molecule has 11 heteroatoms.